The van der Waals surface area contributed by atoms with E-state index in [0.717, 1.165) is 6.26 Å². The average Bonchev–Trinajstić information content (AvgIpc) is 2.16. The quantitative estimate of drug-likeness (QED) is 0.339. The van der Waals surface area contributed by atoms with Gasteiger partial charge in [0, 0.05) is 0 Å². The number of hydrogen-bond acceptors (Lipinski definition) is 7. The Kier molecular flexibility index (Phi) is 8.19. The van der Waals surface area contributed by atoms with Crippen molar-refractivity contribution in [2.75, 3.05) is 39.0 Å². The molecule has 0 spiro atoms. The topological polar surface area (TPSA) is 88.1 Å². The van der Waals surface area contributed by atoms with Crippen LogP contribution in [0.4, 0.5) is 0 Å². The molecule has 0 aliphatic rings. The molecule has 0 bridgehead atoms. The van der Waals surface area contributed by atoms with Gasteiger partial charge in [0.05, 0.1) is 32.7 Å². The molecule has 0 N–H and O–H groups in total. The number of hydrogen-bond donors (Lipinski definition) is 0. The molecule has 104 valence electrons. The second-order valence-electron chi connectivity index (χ2n) is 3.01. The Hall–Kier alpha value is 0.0200. The molecule has 0 aliphatic carbocycles. The first-order valence-electron chi connectivity index (χ1n) is 5.13. The molecule has 0 amide bonds. The third-order valence-electron chi connectivity index (χ3n) is 1.43. The van der Waals surface area contributed by atoms with Crippen molar-refractivity contribution < 1.29 is 31.0 Å². The summed E-state index contributed by atoms with van der Waals surface area (Å²) in [4.78, 5) is 0. The first kappa shape index (κ1) is 17.0. The second-order valence-corrected chi connectivity index (χ2v) is 6.65. The normalized spacial score (nSPS) is 12.9. The summed E-state index contributed by atoms with van der Waals surface area (Å²) in [6, 6.07) is 0. The first-order valence-corrected chi connectivity index (χ1v) is 8.67. The Morgan fingerprint density at radius 1 is 1.06 bits per heavy atom. The summed E-state index contributed by atoms with van der Waals surface area (Å²) in [6.45, 7) is 3.76. The summed E-state index contributed by atoms with van der Waals surface area (Å²) in [5, 5.41) is 0. The summed E-state index contributed by atoms with van der Waals surface area (Å²) in [6.07, 6.45) is 0.722. The third kappa shape index (κ3) is 9.70. The second kappa shape index (κ2) is 8.18. The zero-order valence-electron chi connectivity index (χ0n) is 10.2. The maximum absolute atomic E-state index is 11.8. The van der Waals surface area contributed by atoms with Gasteiger partial charge in [0.1, 0.15) is 6.35 Å². The van der Waals surface area contributed by atoms with Gasteiger partial charge in [-0.3, -0.25) is 8.75 Å². The zero-order valence-corrected chi connectivity index (χ0v) is 12.0. The Morgan fingerprint density at radius 3 is 2.00 bits per heavy atom. The van der Waals surface area contributed by atoms with E-state index in [2.05, 4.69) is 4.18 Å². The van der Waals surface area contributed by atoms with Crippen LogP contribution in [-0.4, -0.2) is 47.4 Å². The number of rotatable bonds is 10. The van der Waals surface area contributed by atoms with Crippen molar-refractivity contribution in [1.29, 1.82) is 0 Å². The summed E-state index contributed by atoms with van der Waals surface area (Å²) >= 11 is 0. The van der Waals surface area contributed by atoms with E-state index in [9.17, 15) is 13.0 Å². The van der Waals surface area contributed by atoms with E-state index >= 15 is 0 Å². The lowest BCUT2D eigenvalue weighted by Crippen LogP contribution is -2.11. The van der Waals surface area contributed by atoms with Gasteiger partial charge in [0.25, 0.3) is 10.1 Å². The summed E-state index contributed by atoms with van der Waals surface area (Å²) in [5.74, 6) is 0. The Bertz CT molecular complexity index is 330. The minimum atomic E-state index is -3.47. The van der Waals surface area contributed by atoms with Gasteiger partial charge in [0.2, 0.25) is 0 Å². The molecular weight excluding hydrogens is 271 g/mol. The molecule has 0 saturated carbocycles. The molecular formula is C8H19O7PS. The molecule has 0 aromatic heterocycles. The lowest BCUT2D eigenvalue weighted by atomic mass is 10.8. The predicted octanol–water partition coefficient (Wildman–Crippen LogP) is 1.20. The fourth-order valence-corrected chi connectivity index (χ4v) is 2.66. The standard InChI is InChI=1S/C8H19O7PS/c1-4-13-16(9,14-5-2)8-12-6-7-15-17(3,10)11/h4-8H2,1-3H3. The zero-order chi connectivity index (χ0) is 13.4. The van der Waals surface area contributed by atoms with E-state index in [4.69, 9.17) is 13.8 Å². The summed E-state index contributed by atoms with van der Waals surface area (Å²) < 4.78 is 52.4. The molecule has 17 heavy (non-hydrogen) atoms. The molecule has 9 heteroatoms. The van der Waals surface area contributed by atoms with Gasteiger partial charge in [-0.05, 0) is 13.8 Å². The molecule has 0 heterocycles. The largest absolute Gasteiger partial charge is 0.366 e. The average molecular weight is 290 g/mol. The molecule has 0 rings (SSSR count). The smallest absolute Gasteiger partial charge is 0.356 e. The maximum atomic E-state index is 11.8. The molecule has 0 radical (unpaired) electrons. The molecule has 0 aliphatic heterocycles. The molecule has 0 atom stereocenters. The summed E-state index contributed by atoms with van der Waals surface area (Å²) in [7, 11) is -6.70. The van der Waals surface area contributed by atoms with Gasteiger partial charge in [-0.1, -0.05) is 0 Å². The number of ether oxygens (including phenoxy) is 1. The Morgan fingerprint density at radius 2 is 1.59 bits per heavy atom. The van der Waals surface area contributed by atoms with E-state index in [1.54, 1.807) is 13.8 Å². The highest BCUT2D eigenvalue weighted by Gasteiger charge is 2.23. The van der Waals surface area contributed by atoms with Crippen LogP contribution in [0.2, 0.25) is 0 Å². The highest BCUT2D eigenvalue weighted by Crippen LogP contribution is 2.47. The highest BCUT2D eigenvalue weighted by molar-refractivity contribution is 7.85. The lowest BCUT2D eigenvalue weighted by Gasteiger charge is -2.16. The van der Waals surface area contributed by atoms with E-state index < -0.39 is 17.7 Å². The van der Waals surface area contributed by atoms with Crippen molar-refractivity contribution in [3.63, 3.8) is 0 Å². The van der Waals surface area contributed by atoms with Crippen molar-refractivity contribution in [1.82, 2.24) is 0 Å². The van der Waals surface area contributed by atoms with Gasteiger partial charge in [0.15, 0.2) is 0 Å². The van der Waals surface area contributed by atoms with Crippen molar-refractivity contribution >= 4 is 17.7 Å². The fraction of sp³-hybridized carbons (Fsp3) is 1.00. The van der Waals surface area contributed by atoms with E-state index in [1.807, 2.05) is 0 Å². The molecule has 7 nitrogen and oxygen atoms in total. The third-order valence-corrected chi connectivity index (χ3v) is 3.82. The van der Waals surface area contributed by atoms with Gasteiger partial charge in [-0.15, -0.1) is 0 Å². The minimum absolute atomic E-state index is 0.00277. The van der Waals surface area contributed by atoms with Crippen LogP contribution in [0, 0.1) is 0 Å². The maximum Gasteiger partial charge on any atom is 0.356 e. The van der Waals surface area contributed by atoms with Crippen LogP contribution in [0.5, 0.6) is 0 Å². The van der Waals surface area contributed by atoms with Crippen LogP contribution in [0.25, 0.3) is 0 Å². The molecule has 0 aromatic rings. The predicted molar refractivity (Wildman–Crippen MR) is 62.5 cm³/mol. The lowest BCUT2D eigenvalue weighted by molar-refractivity contribution is 0.108. The monoisotopic (exact) mass is 290 g/mol. The van der Waals surface area contributed by atoms with Crippen LogP contribution >= 0.6 is 7.60 Å². The first-order chi connectivity index (χ1) is 7.83. The van der Waals surface area contributed by atoms with Gasteiger partial charge in [-0.2, -0.15) is 8.42 Å². The van der Waals surface area contributed by atoms with Crippen molar-refractivity contribution in [3.8, 4) is 0 Å². The minimum Gasteiger partial charge on any atom is -0.366 e. The van der Waals surface area contributed by atoms with Crippen LogP contribution in [0.15, 0.2) is 0 Å². The van der Waals surface area contributed by atoms with Crippen molar-refractivity contribution in [2.24, 2.45) is 0 Å². The van der Waals surface area contributed by atoms with Crippen molar-refractivity contribution in [3.05, 3.63) is 0 Å². The highest BCUT2D eigenvalue weighted by atomic mass is 32.2. The Balaban J connectivity index is 3.87. The van der Waals surface area contributed by atoms with E-state index in [0.29, 0.717) is 0 Å². The molecule has 0 aromatic carbocycles. The van der Waals surface area contributed by atoms with Crippen molar-refractivity contribution in [2.45, 2.75) is 13.8 Å². The van der Waals surface area contributed by atoms with Crippen LogP contribution in [-0.2, 0) is 32.7 Å². The fourth-order valence-electron chi connectivity index (χ4n) is 0.926. The van der Waals surface area contributed by atoms with Gasteiger partial charge >= 0.3 is 7.60 Å². The van der Waals surface area contributed by atoms with Gasteiger partial charge < -0.3 is 13.8 Å². The van der Waals surface area contributed by atoms with E-state index in [-0.39, 0.29) is 32.8 Å². The molecule has 0 fully saturated rings. The molecule has 0 saturated heterocycles. The Labute approximate surface area is 102 Å². The van der Waals surface area contributed by atoms with Crippen LogP contribution < -0.4 is 0 Å². The summed E-state index contributed by atoms with van der Waals surface area (Å²) in [5.41, 5.74) is 0. The SMILES string of the molecule is CCOP(=O)(COCCOS(C)(=O)=O)OCC. The van der Waals surface area contributed by atoms with E-state index in [1.165, 1.54) is 0 Å². The van der Waals surface area contributed by atoms with Crippen LogP contribution in [0.1, 0.15) is 13.8 Å². The van der Waals surface area contributed by atoms with Crippen LogP contribution in [0.3, 0.4) is 0 Å². The molecule has 0 unspecified atom stereocenters. The van der Waals surface area contributed by atoms with Gasteiger partial charge in [-0.25, -0.2) is 0 Å².